The van der Waals surface area contributed by atoms with Crippen molar-refractivity contribution >= 4 is 0 Å². The highest BCUT2D eigenvalue weighted by atomic mass is 16.3. The van der Waals surface area contributed by atoms with Crippen LogP contribution in [0.3, 0.4) is 0 Å². The van der Waals surface area contributed by atoms with Crippen LogP contribution in [0, 0.1) is 0 Å². The van der Waals surface area contributed by atoms with Crippen LogP contribution in [0.5, 0.6) is 0 Å². The van der Waals surface area contributed by atoms with E-state index < -0.39 is 0 Å². The van der Waals surface area contributed by atoms with Crippen LogP contribution in [-0.4, -0.2) is 53.2 Å². The van der Waals surface area contributed by atoms with Crippen molar-refractivity contribution in [2.24, 2.45) is 0 Å². The molecule has 0 amide bonds. The Balaban J connectivity index is 1.65. The lowest BCUT2D eigenvalue weighted by Gasteiger charge is -2.29. The molecule has 110 valence electrons. The number of aliphatic hydroxyl groups excluding tert-OH is 1. The number of aliphatic hydroxyl groups is 1. The molecule has 2 aliphatic rings. The maximum Gasteiger partial charge on any atom is 0.0558 e. The molecule has 2 heterocycles. The van der Waals surface area contributed by atoms with Crippen LogP contribution in [0.15, 0.2) is 30.3 Å². The van der Waals surface area contributed by atoms with Gasteiger partial charge in [0.05, 0.1) is 6.61 Å². The molecule has 3 rings (SSSR count). The number of piperidine rings is 1. The fourth-order valence-electron chi connectivity index (χ4n) is 3.83. The van der Waals surface area contributed by atoms with Gasteiger partial charge in [-0.3, -0.25) is 9.80 Å². The maximum absolute atomic E-state index is 9.38. The van der Waals surface area contributed by atoms with Gasteiger partial charge in [-0.1, -0.05) is 36.8 Å². The van der Waals surface area contributed by atoms with E-state index in [0.29, 0.717) is 6.04 Å². The van der Waals surface area contributed by atoms with Crippen LogP contribution in [-0.2, 0) is 6.54 Å². The summed E-state index contributed by atoms with van der Waals surface area (Å²) in [4.78, 5) is 5.15. The second-order valence-electron chi connectivity index (χ2n) is 6.21. The second kappa shape index (κ2) is 6.70. The molecule has 2 aliphatic heterocycles. The molecule has 0 spiro atoms. The van der Waals surface area contributed by atoms with Crippen LogP contribution in [0.25, 0.3) is 0 Å². The first-order valence-corrected chi connectivity index (χ1v) is 7.99. The topological polar surface area (TPSA) is 26.7 Å². The molecule has 1 aromatic carbocycles. The molecule has 0 aliphatic carbocycles. The number of nitrogens with zero attached hydrogens (tertiary/aromatic N) is 2. The largest absolute Gasteiger partial charge is 0.395 e. The van der Waals surface area contributed by atoms with Crippen molar-refractivity contribution in [2.45, 2.75) is 44.3 Å². The Hall–Kier alpha value is -0.900. The summed E-state index contributed by atoms with van der Waals surface area (Å²) in [6.45, 7) is 4.48. The van der Waals surface area contributed by atoms with Gasteiger partial charge in [-0.05, 0) is 31.4 Å². The first-order chi connectivity index (χ1) is 9.86. The molecule has 3 heteroatoms. The van der Waals surface area contributed by atoms with Gasteiger partial charge in [0.1, 0.15) is 0 Å². The Kier molecular flexibility index (Phi) is 4.71. The second-order valence-corrected chi connectivity index (χ2v) is 6.21. The predicted octanol–water partition coefficient (Wildman–Crippen LogP) is 2.11. The molecule has 1 N–H and O–H groups in total. The number of rotatable bonds is 5. The highest BCUT2D eigenvalue weighted by Gasteiger charge is 2.36. The number of hydrogen-bond acceptors (Lipinski definition) is 3. The van der Waals surface area contributed by atoms with Crippen LogP contribution in [0.1, 0.15) is 31.2 Å². The van der Waals surface area contributed by atoms with Crippen molar-refractivity contribution in [3.05, 3.63) is 35.9 Å². The maximum atomic E-state index is 9.38. The van der Waals surface area contributed by atoms with Gasteiger partial charge in [0.15, 0.2) is 0 Å². The van der Waals surface area contributed by atoms with E-state index in [4.69, 9.17) is 0 Å². The molecule has 2 fully saturated rings. The zero-order valence-electron chi connectivity index (χ0n) is 12.2. The van der Waals surface area contributed by atoms with E-state index in [0.717, 1.165) is 19.1 Å². The molecular formula is C17H26N2O. The average molecular weight is 274 g/mol. The van der Waals surface area contributed by atoms with Gasteiger partial charge >= 0.3 is 0 Å². The van der Waals surface area contributed by atoms with Gasteiger partial charge in [-0.15, -0.1) is 0 Å². The Morgan fingerprint density at radius 1 is 1.20 bits per heavy atom. The van der Waals surface area contributed by atoms with Crippen molar-refractivity contribution in [1.29, 1.82) is 0 Å². The molecule has 0 radical (unpaired) electrons. The third-order valence-corrected chi connectivity index (χ3v) is 4.87. The van der Waals surface area contributed by atoms with Crippen LogP contribution in [0.2, 0.25) is 0 Å². The summed E-state index contributed by atoms with van der Waals surface area (Å²) >= 11 is 0. The summed E-state index contributed by atoms with van der Waals surface area (Å²) < 4.78 is 0. The standard InChI is InChI=1S/C17H26N2O/c20-11-10-19(13-15-6-2-1-3-7-15)17-12-16-8-4-5-9-18(16)14-17/h1-3,6-7,16-17,20H,4-5,8-14H2. The molecule has 0 saturated carbocycles. The van der Waals surface area contributed by atoms with Crippen molar-refractivity contribution in [1.82, 2.24) is 9.80 Å². The van der Waals surface area contributed by atoms with Crippen LogP contribution in [0.4, 0.5) is 0 Å². The molecule has 20 heavy (non-hydrogen) atoms. The highest BCUT2D eigenvalue weighted by Crippen LogP contribution is 2.30. The van der Waals surface area contributed by atoms with E-state index in [1.54, 1.807) is 0 Å². The summed E-state index contributed by atoms with van der Waals surface area (Å²) in [5.41, 5.74) is 1.35. The smallest absolute Gasteiger partial charge is 0.0558 e. The van der Waals surface area contributed by atoms with Crippen molar-refractivity contribution < 1.29 is 5.11 Å². The van der Waals surface area contributed by atoms with Gasteiger partial charge in [0, 0.05) is 31.7 Å². The minimum Gasteiger partial charge on any atom is -0.395 e. The number of benzene rings is 1. The Labute approximate surface area is 122 Å². The highest BCUT2D eigenvalue weighted by molar-refractivity contribution is 5.14. The lowest BCUT2D eigenvalue weighted by atomic mass is 10.0. The lowest BCUT2D eigenvalue weighted by Crippen LogP contribution is -2.39. The minimum absolute atomic E-state index is 0.258. The summed E-state index contributed by atoms with van der Waals surface area (Å²) in [5, 5.41) is 9.38. The Bertz CT molecular complexity index is 395. The van der Waals surface area contributed by atoms with Gasteiger partial charge in [-0.25, -0.2) is 0 Å². The van der Waals surface area contributed by atoms with E-state index >= 15 is 0 Å². The van der Waals surface area contributed by atoms with Crippen molar-refractivity contribution in [3.63, 3.8) is 0 Å². The zero-order chi connectivity index (χ0) is 13.8. The van der Waals surface area contributed by atoms with Crippen LogP contribution >= 0.6 is 0 Å². The monoisotopic (exact) mass is 274 g/mol. The fourth-order valence-corrected chi connectivity index (χ4v) is 3.83. The van der Waals surface area contributed by atoms with E-state index in [1.807, 2.05) is 0 Å². The molecule has 1 aromatic rings. The van der Waals surface area contributed by atoms with E-state index in [2.05, 4.69) is 40.1 Å². The van der Waals surface area contributed by atoms with E-state index in [-0.39, 0.29) is 6.61 Å². The average Bonchev–Trinajstić information content (AvgIpc) is 2.92. The number of fused-ring (bicyclic) bond motifs is 1. The third-order valence-electron chi connectivity index (χ3n) is 4.87. The van der Waals surface area contributed by atoms with E-state index in [1.165, 1.54) is 44.3 Å². The lowest BCUT2D eigenvalue weighted by molar-refractivity contribution is 0.141. The third kappa shape index (κ3) is 3.22. The van der Waals surface area contributed by atoms with Crippen molar-refractivity contribution in [3.8, 4) is 0 Å². The van der Waals surface area contributed by atoms with Gasteiger partial charge in [-0.2, -0.15) is 0 Å². The summed E-state index contributed by atoms with van der Waals surface area (Å²) in [6.07, 6.45) is 5.41. The fraction of sp³-hybridized carbons (Fsp3) is 0.647. The van der Waals surface area contributed by atoms with Gasteiger partial charge in [0.2, 0.25) is 0 Å². The summed E-state index contributed by atoms with van der Waals surface area (Å²) in [7, 11) is 0. The minimum atomic E-state index is 0.258. The molecule has 0 bridgehead atoms. The molecule has 2 unspecified atom stereocenters. The Morgan fingerprint density at radius 2 is 2.05 bits per heavy atom. The van der Waals surface area contributed by atoms with Crippen molar-refractivity contribution in [2.75, 3.05) is 26.2 Å². The molecule has 2 saturated heterocycles. The molecule has 2 atom stereocenters. The summed E-state index contributed by atoms with van der Waals surface area (Å²) in [6, 6.07) is 12.1. The first kappa shape index (κ1) is 14.1. The van der Waals surface area contributed by atoms with Crippen LogP contribution < -0.4 is 0 Å². The zero-order valence-corrected chi connectivity index (χ0v) is 12.2. The van der Waals surface area contributed by atoms with Gasteiger partial charge in [0.25, 0.3) is 0 Å². The SMILES string of the molecule is OCCN(Cc1ccccc1)C1CC2CCCCN2C1. The molecular weight excluding hydrogens is 248 g/mol. The van der Waals surface area contributed by atoms with Gasteiger partial charge < -0.3 is 5.11 Å². The summed E-state index contributed by atoms with van der Waals surface area (Å²) in [5.74, 6) is 0. The Morgan fingerprint density at radius 3 is 2.80 bits per heavy atom. The normalized spacial score (nSPS) is 26.9. The predicted molar refractivity (Wildman–Crippen MR) is 81.6 cm³/mol. The molecule has 0 aromatic heterocycles. The first-order valence-electron chi connectivity index (χ1n) is 7.99. The number of hydrogen-bond donors (Lipinski definition) is 1. The van der Waals surface area contributed by atoms with E-state index in [9.17, 15) is 5.11 Å². The quantitative estimate of drug-likeness (QED) is 0.891. The molecule has 3 nitrogen and oxygen atoms in total.